The van der Waals surface area contributed by atoms with Crippen molar-refractivity contribution >= 4 is 17.8 Å². The summed E-state index contributed by atoms with van der Waals surface area (Å²) in [5.74, 6) is -1.98. The molecule has 1 aromatic heterocycles. The molecular formula is C6H9N5O3. The first-order valence-electron chi connectivity index (χ1n) is 3.72. The van der Waals surface area contributed by atoms with Gasteiger partial charge in [-0.2, -0.15) is 4.98 Å². The summed E-state index contributed by atoms with van der Waals surface area (Å²) in [5, 5.41) is 16.4. The van der Waals surface area contributed by atoms with E-state index in [0.29, 0.717) is 0 Å². The molecule has 8 nitrogen and oxygen atoms in total. The first-order valence-corrected chi connectivity index (χ1v) is 3.72. The quantitative estimate of drug-likeness (QED) is 0.472. The number of nitrogens with zero attached hydrogens (tertiary/aromatic N) is 2. The van der Waals surface area contributed by atoms with Crippen molar-refractivity contribution in [3.05, 3.63) is 5.82 Å². The van der Waals surface area contributed by atoms with Crippen LogP contribution in [0.5, 0.6) is 0 Å². The van der Waals surface area contributed by atoms with Gasteiger partial charge in [-0.05, 0) is 6.92 Å². The van der Waals surface area contributed by atoms with E-state index in [1.54, 1.807) is 0 Å². The van der Waals surface area contributed by atoms with Crippen LogP contribution in [0.15, 0.2) is 0 Å². The molecule has 1 atom stereocenters. The summed E-state index contributed by atoms with van der Waals surface area (Å²) in [4.78, 5) is 25.1. The van der Waals surface area contributed by atoms with Gasteiger partial charge in [-0.3, -0.25) is 14.7 Å². The Kier molecular flexibility index (Phi) is 2.65. The number of aromatic amines is 1. The molecule has 1 aromatic rings. The third-order valence-electron chi connectivity index (χ3n) is 1.44. The third-order valence-corrected chi connectivity index (χ3v) is 1.44. The molecular weight excluding hydrogens is 190 g/mol. The first-order chi connectivity index (χ1) is 6.50. The van der Waals surface area contributed by atoms with Crippen LogP contribution in [-0.2, 0) is 4.79 Å². The van der Waals surface area contributed by atoms with E-state index in [2.05, 4.69) is 20.5 Å². The Balaban J connectivity index is 2.63. The minimum atomic E-state index is -1.13. The van der Waals surface area contributed by atoms with Gasteiger partial charge in [-0.1, -0.05) is 0 Å². The number of rotatable bonds is 3. The average molecular weight is 199 g/mol. The minimum absolute atomic E-state index is 0.0712. The SMILES string of the molecule is C[C@@H](NC(=O)c1nc(N)n[nH]1)C(=O)O. The van der Waals surface area contributed by atoms with E-state index in [0.717, 1.165) is 0 Å². The Hall–Kier alpha value is -2.12. The molecule has 1 amide bonds. The maximum absolute atomic E-state index is 11.2. The lowest BCUT2D eigenvalue weighted by atomic mass is 10.3. The van der Waals surface area contributed by atoms with Gasteiger partial charge in [-0.15, -0.1) is 5.10 Å². The molecule has 0 unspecified atom stereocenters. The summed E-state index contributed by atoms with van der Waals surface area (Å²) in [7, 11) is 0. The zero-order valence-electron chi connectivity index (χ0n) is 7.31. The fraction of sp³-hybridized carbons (Fsp3) is 0.333. The molecule has 14 heavy (non-hydrogen) atoms. The fourth-order valence-corrected chi connectivity index (χ4v) is 0.703. The van der Waals surface area contributed by atoms with Crippen molar-refractivity contribution < 1.29 is 14.7 Å². The van der Waals surface area contributed by atoms with Gasteiger partial charge in [0.15, 0.2) is 0 Å². The fourth-order valence-electron chi connectivity index (χ4n) is 0.703. The number of nitrogen functional groups attached to an aromatic ring is 1. The van der Waals surface area contributed by atoms with E-state index in [9.17, 15) is 9.59 Å². The van der Waals surface area contributed by atoms with Crippen LogP contribution in [0.1, 0.15) is 17.5 Å². The van der Waals surface area contributed by atoms with Crippen LogP contribution in [0.25, 0.3) is 0 Å². The number of aromatic nitrogens is 3. The summed E-state index contributed by atoms with van der Waals surface area (Å²) in [6.07, 6.45) is 0. The van der Waals surface area contributed by atoms with E-state index in [1.807, 2.05) is 0 Å². The normalized spacial score (nSPS) is 12.1. The molecule has 0 bridgehead atoms. The van der Waals surface area contributed by atoms with Gasteiger partial charge in [0.25, 0.3) is 5.91 Å². The smallest absolute Gasteiger partial charge is 0.325 e. The summed E-state index contributed by atoms with van der Waals surface area (Å²) in [6.45, 7) is 1.33. The van der Waals surface area contributed by atoms with Crippen molar-refractivity contribution in [2.45, 2.75) is 13.0 Å². The Morgan fingerprint density at radius 3 is 2.71 bits per heavy atom. The van der Waals surface area contributed by atoms with Crippen LogP contribution >= 0.6 is 0 Å². The molecule has 0 radical (unpaired) electrons. The van der Waals surface area contributed by atoms with Gasteiger partial charge < -0.3 is 16.2 Å². The van der Waals surface area contributed by atoms with Crippen molar-refractivity contribution in [2.75, 3.05) is 5.73 Å². The highest BCUT2D eigenvalue weighted by Crippen LogP contribution is 1.93. The van der Waals surface area contributed by atoms with Crippen LogP contribution in [0.4, 0.5) is 5.95 Å². The molecule has 0 saturated carbocycles. The zero-order valence-corrected chi connectivity index (χ0v) is 7.31. The Morgan fingerprint density at radius 1 is 1.64 bits per heavy atom. The Morgan fingerprint density at radius 2 is 2.29 bits per heavy atom. The second kappa shape index (κ2) is 3.73. The van der Waals surface area contributed by atoms with Crippen LogP contribution < -0.4 is 11.1 Å². The maximum Gasteiger partial charge on any atom is 0.325 e. The predicted molar refractivity (Wildman–Crippen MR) is 45.4 cm³/mol. The lowest BCUT2D eigenvalue weighted by molar-refractivity contribution is -0.138. The topological polar surface area (TPSA) is 134 Å². The molecule has 0 saturated heterocycles. The average Bonchev–Trinajstić information content (AvgIpc) is 2.51. The molecule has 76 valence electrons. The van der Waals surface area contributed by atoms with Crippen LogP contribution in [0.3, 0.4) is 0 Å². The van der Waals surface area contributed by atoms with Gasteiger partial charge >= 0.3 is 5.97 Å². The van der Waals surface area contributed by atoms with E-state index in [1.165, 1.54) is 6.92 Å². The van der Waals surface area contributed by atoms with Crippen molar-refractivity contribution in [3.8, 4) is 0 Å². The van der Waals surface area contributed by atoms with Gasteiger partial charge in [0.2, 0.25) is 11.8 Å². The summed E-state index contributed by atoms with van der Waals surface area (Å²) < 4.78 is 0. The van der Waals surface area contributed by atoms with Crippen molar-refractivity contribution in [2.24, 2.45) is 0 Å². The number of carbonyl (C=O) groups excluding carboxylic acids is 1. The van der Waals surface area contributed by atoms with Crippen LogP contribution in [-0.4, -0.2) is 38.2 Å². The molecule has 0 fully saturated rings. The van der Waals surface area contributed by atoms with E-state index in [4.69, 9.17) is 10.8 Å². The van der Waals surface area contributed by atoms with Crippen molar-refractivity contribution in [1.82, 2.24) is 20.5 Å². The van der Waals surface area contributed by atoms with Crippen molar-refractivity contribution in [1.29, 1.82) is 0 Å². The standard InChI is InChI=1S/C6H9N5O3/c1-2(5(13)14)8-4(12)3-9-6(7)11-10-3/h2H,1H3,(H,8,12)(H,13,14)(H3,7,9,10,11)/t2-/m1/s1. The monoisotopic (exact) mass is 199 g/mol. The number of carbonyl (C=O) groups is 2. The van der Waals surface area contributed by atoms with Crippen molar-refractivity contribution in [3.63, 3.8) is 0 Å². The highest BCUT2D eigenvalue weighted by Gasteiger charge is 2.17. The third kappa shape index (κ3) is 2.19. The summed E-state index contributed by atoms with van der Waals surface area (Å²) >= 11 is 0. The molecule has 0 spiro atoms. The lowest BCUT2D eigenvalue weighted by Crippen LogP contribution is -2.38. The Labute approximate surface area is 78.5 Å². The van der Waals surface area contributed by atoms with Crippen LogP contribution in [0.2, 0.25) is 0 Å². The van der Waals surface area contributed by atoms with Gasteiger partial charge in [0.05, 0.1) is 0 Å². The zero-order chi connectivity index (χ0) is 10.7. The maximum atomic E-state index is 11.2. The molecule has 0 aliphatic rings. The number of amides is 1. The molecule has 0 aliphatic carbocycles. The Bertz CT molecular complexity index is 360. The molecule has 0 aliphatic heterocycles. The van der Waals surface area contributed by atoms with Gasteiger partial charge in [0.1, 0.15) is 6.04 Å². The first kappa shape index (κ1) is 9.96. The summed E-state index contributed by atoms with van der Waals surface area (Å²) in [5.41, 5.74) is 5.16. The number of hydrogen-bond donors (Lipinski definition) is 4. The predicted octanol–water partition coefficient (Wildman–Crippen LogP) is -1.41. The molecule has 1 rings (SSSR count). The van der Waals surface area contributed by atoms with E-state index < -0.39 is 17.9 Å². The van der Waals surface area contributed by atoms with E-state index in [-0.39, 0.29) is 11.8 Å². The number of aliphatic carboxylic acids is 1. The molecule has 5 N–H and O–H groups in total. The molecule has 1 heterocycles. The highest BCUT2D eigenvalue weighted by molar-refractivity contribution is 5.93. The van der Waals surface area contributed by atoms with Gasteiger partial charge in [-0.25, -0.2) is 0 Å². The molecule has 8 heteroatoms. The summed E-state index contributed by atoms with van der Waals surface area (Å²) in [6, 6.07) is -0.992. The minimum Gasteiger partial charge on any atom is -0.480 e. The van der Waals surface area contributed by atoms with Gasteiger partial charge in [0, 0.05) is 0 Å². The number of nitrogens with one attached hydrogen (secondary N) is 2. The second-order valence-corrected chi connectivity index (χ2v) is 2.58. The number of carboxylic acids is 1. The van der Waals surface area contributed by atoms with E-state index >= 15 is 0 Å². The number of anilines is 1. The number of hydrogen-bond acceptors (Lipinski definition) is 5. The van der Waals surface area contributed by atoms with Crippen LogP contribution in [0, 0.1) is 0 Å². The second-order valence-electron chi connectivity index (χ2n) is 2.58. The number of H-pyrrole nitrogens is 1. The highest BCUT2D eigenvalue weighted by atomic mass is 16.4. The largest absolute Gasteiger partial charge is 0.480 e. The lowest BCUT2D eigenvalue weighted by Gasteiger charge is -2.06. The number of nitrogens with two attached hydrogens (primary N) is 1. The number of carboxylic acid groups (broad SMARTS) is 1. The molecule has 0 aromatic carbocycles.